The van der Waals surface area contributed by atoms with Crippen LogP contribution < -0.4 is 5.01 Å². The molecule has 0 radical (unpaired) electrons. The molecule has 2 heterocycles. The lowest BCUT2D eigenvalue weighted by atomic mass is 10.1. The van der Waals surface area contributed by atoms with Gasteiger partial charge in [0, 0.05) is 6.07 Å². The number of hydrazone groups is 1. The van der Waals surface area contributed by atoms with E-state index in [0.29, 0.717) is 5.01 Å². The maximum absolute atomic E-state index is 13.5. The molecular weight excluding hydrogens is 415 g/mol. The van der Waals surface area contributed by atoms with E-state index < -0.39 is 28.3 Å². The molecule has 0 fully saturated rings. The zero-order valence-corrected chi connectivity index (χ0v) is 15.5. The molecule has 0 spiro atoms. The van der Waals surface area contributed by atoms with Crippen LogP contribution >= 0.6 is 0 Å². The highest BCUT2D eigenvalue weighted by Crippen LogP contribution is 2.34. The Morgan fingerprint density at radius 1 is 1.00 bits per heavy atom. The molecule has 0 unspecified atom stereocenters. The summed E-state index contributed by atoms with van der Waals surface area (Å²) < 4.78 is 46.1. The van der Waals surface area contributed by atoms with Crippen LogP contribution in [0.15, 0.2) is 81.8 Å². The van der Waals surface area contributed by atoms with Crippen molar-refractivity contribution < 1.29 is 27.3 Å². The molecule has 0 N–H and O–H groups in total. The molecule has 156 valence electrons. The van der Waals surface area contributed by atoms with Crippen LogP contribution in [0.2, 0.25) is 0 Å². The Hall–Kier alpha value is -4.21. The summed E-state index contributed by atoms with van der Waals surface area (Å²) in [4.78, 5) is 23.3. The third-order valence-corrected chi connectivity index (χ3v) is 4.43. The molecule has 0 atom stereocenters. The number of amides is 1. The zero-order valence-electron chi connectivity index (χ0n) is 15.5. The van der Waals surface area contributed by atoms with E-state index in [1.807, 2.05) is 0 Å². The number of alkyl halides is 3. The van der Waals surface area contributed by atoms with Gasteiger partial charge in [-0.1, -0.05) is 30.3 Å². The number of anilines is 1. The minimum atomic E-state index is -4.88. The van der Waals surface area contributed by atoms with Gasteiger partial charge in [0.25, 0.3) is 11.6 Å². The molecule has 0 aliphatic carbocycles. The highest BCUT2D eigenvalue weighted by Gasteiger charge is 2.47. The second-order valence-electron chi connectivity index (χ2n) is 6.43. The topological polar surface area (TPSA) is 88.9 Å². The lowest BCUT2D eigenvalue weighted by Crippen LogP contribution is -2.25. The summed E-state index contributed by atoms with van der Waals surface area (Å²) >= 11 is 0. The molecule has 31 heavy (non-hydrogen) atoms. The summed E-state index contributed by atoms with van der Waals surface area (Å²) in [6.45, 7) is 0. The van der Waals surface area contributed by atoms with E-state index in [-0.39, 0.29) is 28.5 Å². The quantitative estimate of drug-likeness (QED) is 0.325. The maximum Gasteiger partial charge on any atom is 0.435 e. The van der Waals surface area contributed by atoms with Crippen molar-refractivity contribution in [3.8, 4) is 11.3 Å². The standard InChI is InChI=1S/C21H12F3N3O4/c22-21(23,24)19-16(20(28)26(25-19)13-6-2-1-3-7-13)12-14-10-11-18(31-14)15-8-4-5-9-17(15)27(29)30/h1-12H/b16-12-. The van der Waals surface area contributed by atoms with Crippen molar-refractivity contribution in [1.82, 2.24) is 0 Å². The van der Waals surface area contributed by atoms with Gasteiger partial charge in [0.15, 0.2) is 5.71 Å². The van der Waals surface area contributed by atoms with Crippen molar-refractivity contribution in [2.24, 2.45) is 5.10 Å². The van der Waals surface area contributed by atoms with E-state index in [0.717, 1.165) is 6.08 Å². The predicted molar refractivity (Wildman–Crippen MR) is 106 cm³/mol. The first-order valence-corrected chi connectivity index (χ1v) is 8.86. The highest BCUT2D eigenvalue weighted by molar-refractivity contribution is 6.34. The molecule has 1 aliphatic rings. The van der Waals surface area contributed by atoms with Crippen LogP contribution in [0, 0.1) is 10.1 Å². The molecule has 1 amide bonds. The van der Waals surface area contributed by atoms with E-state index in [1.54, 1.807) is 24.3 Å². The average Bonchev–Trinajstić information content (AvgIpc) is 3.34. The zero-order chi connectivity index (χ0) is 22.2. The van der Waals surface area contributed by atoms with Crippen molar-refractivity contribution in [2.45, 2.75) is 6.18 Å². The number of furan rings is 1. The van der Waals surface area contributed by atoms with Gasteiger partial charge in [-0.15, -0.1) is 0 Å². The molecule has 0 saturated carbocycles. The summed E-state index contributed by atoms with van der Waals surface area (Å²) in [5.74, 6) is -0.972. The second kappa shape index (κ2) is 7.56. The number of nitro groups is 1. The van der Waals surface area contributed by atoms with Crippen LogP contribution in [0.5, 0.6) is 0 Å². The van der Waals surface area contributed by atoms with Gasteiger partial charge in [0.1, 0.15) is 11.5 Å². The van der Waals surface area contributed by atoms with Gasteiger partial charge < -0.3 is 4.42 Å². The number of nitro benzene ring substituents is 1. The van der Waals surface area contributed by atoms with Gasteiger partial charge in [0.2, 0.25) is 0 Å². The van der Waals surface area contributed by atoms with Crippen LogP contribution in [0.3, 0.4) is 0 Å². The number of carbonyl (C=O) groups excluding carboxylic acids is 1. The van der Waals surface area contributed by atoms with Crippen molar-refractivity contribution >= 4 is 29.1 Å². The third kappa shape index (κ3) is 3.82. The summed E-state index contributed by atoms with van der Waals surface area (Å²) in [5.41, 5.74) is -1.94. The minimum Gasteiger partial charge on any atom is -0.456 e. The largest absolute Gasteiger partial charge is 0.456 e. The van der Waals surface area contributed by atoms with Gasteiger partial charge in [-0.3, -0.25) is 14.9 Å². The first-order valence-electron chi connectivity index (χ1n) is 8.86. The monoisotopic (exact) mass is 427 g/mol. The predicted octanol–water partition coefficient (Wildman–Crippen LogP) is 5.20. The van der Waals surface area contributed by atoms with Gasteiger partial charge in [-0.05, 0) is 36.4 Å². The Labute approximate surface area is 172 Å². The van der Waals surface area contributed by atoms with E-state index in [1.165, 1.54) is 42.5 Å². The van der Waals surface area contributed by atoms with Crippen molar-refractivity contribution in [3.05, 3.63) is 88.2 Å². The highest BCUT2D eigenvalue weighted by atomic mass is 19.4. The fourth-order valence-corrected chi connectivity index (χ4v) is 3.06. The minimum absolute atomic E-state index is 0.0787. The van der Waals surface area contributed by atoms with Crippen LogP contribution in [0.25, 0.3) is 17.4 Å². The number of para-hydroxylation sites is 2. The van der Waals surface area contributed by atoms with E-state index in [9.17, 15) is 28.1 Å². The number of benzene rings is 2. The molecule has 1 aromatic heterocycles. The summed E-state index contributed by atoms with van der Waals surface area (Å²) in [7, 11) is 0. The summed E-state index contributed by atoms with van der Waals surface area (Å²) in [6, 6.07) is 16.2. The smallest absolute Gasteiger partial charge is 0.435 e. The van der Waals surface area contributed by atoms with Crippen molar-refractivity contribution in [2.75, 3.05) is 5.01 Å². The molecule has 2 aromatic carbocycles. The van der Waals surface area contributed by atoms with Crippen molar-refractivity contribution in [3.63, 3.8) is 0 Å². The first-order chi connectivity index (χ1) is 14.8. The molecule has 3 aromatic rings. The van der Waals surface area contributed by atoms with E-state index >= 15 is 0 Å². The van der Waals surface area contributed by atoms with Crippen LogP contribution in [0.1, 0.15) is 5.76 Å². The summed E-state index contributed by atoms with van der Waals surface area (Å²) in [5, 5.41) is 15.3. The molecule has 4 rings (SSSR count). The maximum atomic E-state index is 13.5. The van der Waals surface area contributed by atoms with Crippen molar-refractivity contribution in [1.29, 1.82) is 0 Å². The number of rotatable bonds is 4. The van der Waals surface area contributed by atoms with E-state index in [2.05, 4.69) is 5.10 Å². The van der Waals surface area contributed by atoms with Gasteiger partial charge in [-0.25, -0.2) is 0 Å². The Bertz CT molecular complexity index is 1230. The van der Waals surface area contributed by atoms with Crippen LogP contribution in [0.4, 0.5) is 24.5 Å². The molecule has 0 saturated heterocycles. The van der Waals surface area contributed by atoms with Crippen LogP contribution in [-0.4, -0.2) is 22.7 Å². The lowest BCUT2D eigenvalue weighted by Gasteiger charge is -2.10. The average molecular weight is 427 g/mol. The third-order valence-electron chi connectivity index (χ3n) is 4.43. The van der Waals surface area contributed by atoms with Crippen LogP contribution in [-0.2, 0) is 4.79 Å². The normalized spacial score (nSPS) is 15.5. The Morgan fingerprint density at radius 2 is 1.68 bits per heavy atom. The number of halogens is 3. The Kier molecular flexibility index (Phi) is 4.90. The summed E-state index contributed by atoms with van der Waals surface area (Å²) in [6.07, 6.45) is -3.95. The number of nitrogens with zero attached hydrogens (tertiary/aromatic N) is 3. The van der Waals surface area contributed by atoms with Gasteiger partial charge >= 0.3 is 6.18 Å². The molecule has 1 aliphatic heterocycles. The second-order valence-corrected chi connectivity index (χ2v) is 6.43. The fraction of sp³-hybridized carbons (Fsp3) is 0.0476. The Balaban J connectivity index is 1.74. The molecule has 0 bridgehead atoms. The fourth-order valence-electron chi connectivity index (χ4n) is 3.06. The lowest BCUT2D eigenvalue weighted by molar-refractivity contribution is -0.384. The molecular formula is C21H12F3N3O4. The van der Waals surface area contributed by atoms with Gasteiger partial charge in [-0.2, -0.15) is 23.3 Å². The number of hydrogen-bond donors (Lipinski definition) is 0. The molecule has 10 heteroatoms. The molecule has 7 nitrogen and oxygen atoms in total. The number of carbonyl (C=O) groups is 1. The van der Waals surface area contributed by atoms with E-state index in [4.69, 9.17) is 4.42 Å². The number of hydrogen-bond acceptors (Lipinski definition) is 5. The first kappa shape index (κ1) is 20.1. The van der Waals surface area contributed by atoms with Gasteiger partial charge in [0.05, 0.1) is 21.7 Å². The Morgan fingerprint density at radius 3 is 2.35 bits per heavy atom. The SMILES string of the molecule is O=C1/C(=C\c2ccc(-c3ccccc3[N+](=O)[O-])o2)C(C(F)(F)F)=NN1c1ccccc1.